The van der Waals surface area contributed by atoms with E-state index in [9.17, 15) is 4.79 Å². The number of likely N-dealkylation sites (N-methyl/N-ethyl adjacent to an activating group) is 1. The Morgan fingerprint density at radius 1 is 1.33 bits per heavy atom. The number of amides is 1. The van der Waals surface area contributed by atoms with Crippen molar-refractivity contribution in [2.45, 2.75) is 26.3 Å². The van der Waals surface area contributed by atoms with Gasteiger partial charge in [0, 0.05) is 16.6 Å². The van der Waals surface area contributed by atoms with Crippen LogP contribution >= 0.6 is 11.3 Å². The maximum Gasteiger partial charge on any atom is 0.251 e. The van der Waals surface area contributed by atoms with Crippen molar-refractivity contribution in [3.63, 3.8) is 0 Å². The smallest absolute Gasteiger partial charge is 0.251 e. The van der Waals surface area contributed by atoms with E-state index in [2.05, 4.69) is 22.5 Å². The Bertz CT molecular complexity index is 595. The molecule has 1 heterocycles. The monoisotopic (exact) mass is 303 g/mol. The van der Waals surface area contributed by atoms with E-state index >= 15 is 0 Å². The molecule has 0 bridgehead atoms. The third-order valence-corrected chi connectivity index (χ3v) is 4.40. The van der Waals surface area contributed by atoms with Crippen LogP contribution in [0.2, 0.25) is 0 Å². The van der Waals surface area contributed by atoms with E-state index in [1.165, 1.54) is 4.88 Å². The van der Waals surface area contributed by atoms with Gasteiger partial charge in [-0.3, -0.25) is 4.79 Å². The standard InChI is InChI=1S/C16H21N3OS/c1-3-13-10-18-15(21-13)11-19-16(20)14-7-5-4-6-12(14)8-9-17-2/h4-7,10,17H,3,8-9,11H2,1-2H3,(H,19,20). The zero-order chi connectivity index (χ0) is 15.1. The van der Waals surface area contributed by atoms with Crippen molar-refractivity contribution < 1.29 is 4.79 Å². The molecule has 0 fully saturated rings. The highest BCUT2D eigenvalue weighted by molar-refractivity contribution is 7.11. The highest BCUT2D eigenvalue weighted by Gasteiger charge is 2.11. The lowest BCUT2D eigenvalue weighted by molar-refractivity contribution is 0.0950. The number of aryl methyl sites for hydroxylation is 1. The summed E-state index contributed by atoms with van der Waals surface area (Å²) in [7, 11) is 1.91. The minimum atomic E-state index is -0.0325. The summed E-state index contributed by atoms with van der Waals surface area (Å²) in [4.78, 5) is 17.9. The first-order chi connectivity index (χ1) is 10.2. The molecule has 0 aliphatic rings. The zero-order valence-corrected chi connectivity index (χ0v) is 13.3. The van der Waals surface area contributed by atoms with Crippen molar-refractivity contribution in [2.24, 2.45) is 0 Å². The zero-order valence-electron chi connectivity index (χ0n) is 12.5. The van der Waals surface area contributed by atoms with Crippen LogP contribution in [-0.2, 0) is 19.4 Å². The van der Waals surface area contributed by atoms with Gasteiger partial charge in [-0.05, 0) is 38.1 Å². The van der Waals surface area contributed by atoms with Crippen molar-refractivity contribution in [3.8, 4) is 0 Å². The number of benzene rings is 1. The van der Waals surface area contributed by atoms with Gasteiger partial charge in [-0.1, -0.05) is 25.1 Å². The molecular weight excluding hydrogens is 282 g/mol. The molecule has 4 nitrogen and oxygen atoms in total. The van der Waals surface area contributed by atoms with Crippen LogP contribution in [0.1, 0.15) is 32.7 Å². The van der Waals surface area contributed by atoms with Gasteiger partial charge in [-0.2, -0.15) is 0 Å². The number of carbonyl (C=O) groups excluding carboxylic acids is 1. The van der Waals surface area contributed by atoms with Crippen LogP contribution in [0.4, 0.5) is 0 Å². The second-order valence-corrected chi connectivity index (χ2v) is 5.97. The van der Waals surface area contributed by atoms with Crippen molar-refractivity contribution in [1.82, 2.24) is 15.6 Å². The van der Waals surface area contributed by atoms with Gasteiger partial charge in [0.05, 0.1) is 6.54 Å². The summed E-state index contributed by atoms with van der Waals surface area (Å²) in [6.45, 7) is 3.45. The second kappa shape index (κ2) is 7.90. The third-order valence-electron chi connectivity index (χ3n) is 3.26. The first-order valence-corrected chi connectivity index (χ1v) is 8.00. The van der Waals surface area contributed by atoms with Gasteiger partial charge < -0.3 is 10.6 Å². The second-order valence-electron chi connectivity index (χ2n) is 4.77. The fraction of sp³-hybridized carbons (Fsp3) is 0.375. The van der Waals surface area contributed by atoms with Gasteiger partial charge in [0.15, 0.2) is 0 Å². The SMILES string of the molecule is CCc1cnc(CNC(=O)c2ccccc2CCNC)s1. The highest BCUT2D eigenvalue weighted by atomic mass is 32.1. The lowest BCUT2D eigenvalue weighted by atomic mass is 10.0. The number of hydrogen-bond acceptors (Lipinski definition) is 4. The first-order valence-electron chi connectivity index (χ1n) is 7.19. The molecule has 0 aliphatic heterocycles. The predicted octanol–water partition coefficient (Wildman–Crippen LogP) is 2.40. The van der Waals surface area contributed by atoms with Gasteiger partial charge in [-0.15, -0.1) is 11.3 Å². The molecule has 2 aromatic rings. The fourth-order valence-electron chi connectivity index (χ4n) is 2.06. The fourth-order valence-corrected chi connectivity index (χ4v) is 2.87. The van der Waals surface area contributed by atoms with Crippen LogP contribution in [0, 0.1) is 0 Å². The summed E-state index contributed by atoms with van der Waals surface area (Å²) in [5.41, 5.74) is 1.82. The topological polar surface area (TPSA) is 54.0 Å². The maximum absolute atomic E-state index is 12.3. The van der Waals surface area contributed by atoms with Crippen molar-refractivity contribution in [2.75, 3.05) is 13.6 Å². The molecule has 2 N–H and O–H groups in total. The van der Waals surface area contributed by atoms with E-state index in [0.717, 1.165) is 35.5 Å². The Balaban J connectivity index is 1.99. The molecule has 1 aromatic carbocycles. The summed E-state index contributed by atoms with van der Waals surface area (Å²) in [5, 5.41) is 7.02. The largest absolute Gasteiger partial charge is 0.346 e. The molecule has 0 atom stereocenters. The number of thiazole rings is 1. The molecule has 0 unspecified atom stereocenters. The molecule has 21 heavy (non-hydrogen) atoms. The number of nitrogens with one attached hydrogen (secondary N) is 2. The lowest BCUT2D eigenvalue weighted by Gasteiger charge is -2.09. The Morgan fingerprint density at radius 3 is 2.86 bits per heavy atom. The normalized spacial score (nSPS) is 10.6. The van der Waals surface area contributed by atoms with Crippen LogP contribution < -0.4 is 10.6 Å². The van der Waals surface area contributed by atoms with Gasteiger partial charge in [0.2, 0.25) is 0 Å². The molecule has 2 rings (SSSR count). The average Bonchev–Trinajstić information content (AvgIpc) is 2.99. The summed E-state index contributed by atoms with van der Waals surface area (Å²) >= 11 is 1.65. The highest BCUT2D eigenvalue weighted by Crippen LogP contribution is 2.14. The molecule has 5 heteroatoms. The number of rotatable bonds is 7. The summed E-state index contributed by atoms with van der Waals surface area (Å²) in [6, 6.07) is 7.75. The van der Waals surface area contributed by atoms with Crippen molar-refractivity contribution in [1.29, 1.82) is 0 Å². The minimum absolute atomic E-state index is 0.0325. The van der Waals surface area contributed by atoms with E-state index in [-0.39, 0.29) is 5.91 Å². The van der Waals surface area contributed by atoms with E-state index < -0.39 is 0 Å². The third kappa shape index (κ3) is 4.37. The number of aromatic nitrogens is 1. The van der Waals surface area contributed by atoms with Crippen LogP contribution in [0.25, 0.3) is 0 Å². The van der Waals surface area contributed by atoms with Crippen molar-refractivity contribution >= 4 is 17.2 Å². The lowest BCUT2D eigenvalue weighted by Crippen LogP contribution is -2.24. The quantitative estimate of drug-likeness (QED) is 0.826. The summed E-state index contributed by atoms with van der Waals surface area (Å²) < 4.78 is 0. The molecule has 1 amide bonds. The Kier molecular flexibility index (Phi) is 5.90. The molecule has 1 aromatic heterocycles. The summed E-state index contributed by atoms with van der Waals surface area (Å²) in [5.74, 6) is -0.0325. The molecule has 0 spiro atoms. The van der Waals surface area contributed by atoms with Gasteiger partial charge in [-0.25, -0.2) is 4.98 Å². The number of hydrogen-bond donors (Lipinski definition) is 2. The van der Waals surface area contributed by atoms with Crippen molar-refractivity contribution in [3.05, 3.63) is 51.5 Å². The number of nitrogens with zero attached hydrogens (tertiary/aromatic N) is 1. The molecule has 112 valence electrons. The van der Waals surface area contributed by atoms with Crippen LogP contribution in [0.15, 0.2) is 30.5 Å². The van der Waals surface area contributed by atoms with Gasteiger partial charge >= 0.3 is 0 Å². The molecule has 0 saturated carbocycles. The predicted molar refractivity (Wildman–Crippen MR) is 86.7 cm³/mol. The van der Waals surface area contributed by atoms with Crippen LogP contribution in [0.5, 0.6) is 0 Å². The Hall–Kier alpha value is -1.72. The molecule has 0 radical (unpaired) electrons. The van der Waals surface area contributed by atoms with E-state index in [4.69, 9.17) is 0 Å². The first kappa shape index (κ1) is 15.7. The van der Waals surface area contributed by atoms with Crippen LogP contribution in [0.3, 0.4) is 0 Å². The molecular formula is C16H21N3OS. The Labute approximate surface area is 129 Å². The summed E-state index contributed by atoms with van der Waals surface area (Å²) in [6.07, 6.45) is 3.71. The van der Waals surface area contributed by atoms with Gasteiger partial charge in [0.1, 0.15) is 5.01 Å². The van der Waals surface area contributed by atoms with Gasteiger partial charge in [0.25, 0.3) is 5.91 Å². The average molecular weight is 303 g/mol. The maximum atomic E-state index is 12.3. The van der Waals surface area contributed by atoms with E-state index in [0.29, 0.717) is 6.54 Å². The molecule has 0 saturated heterocycles. The van der Waals surface area contributed by atoms with E-state index in [1.54, 1.807) is 11.3 Å². The minimum Gasteiger partial charge on any atom is -0.346 e. The van der Waals surface area contributed by atoms with Crippen LogP contribution in [-0.4, -0.2) is 24.5 Å². The Morgan fingerprint density at radius 2 is 2.14 bits per heavy atom. The van der Waals surface area contributed by atoms with E-state index in [1.807, 2.05) is 37.5 Å². The number of carbonyl (C=O) groups is 1. The molecule has 0 aliphatic carbocycles.